The Balaban J connectivity index is -0.0000000294. The van der Waals surface area contributed by atoms with E-state index in [1.807, 2.05) is 27.7 Å². The number of ether oxygens (including phenoxy) is 4. The third kappa shape index (κ3) is 62.4. The van der Waals surface area contributed by atoms with Crippen molar-refractivity contribution in [3.05, 3.63) is 0 Å². The third-order valence-corrected chi connectivity index (χ3v) is 4.93. The van der Waals surface area contributed by atoms with E-state index in [0.29, 0.717) is 26.4 Å². The van der Waals surface area contributed by atoms with Gasteiger partial charge in [0.2, 0.25) is 0 Å². The van der Waals surface area contributed by atoms with E-state index in [-0.39, 0.29) is 140 Å². The zero-order valence-electron chi connectivity index (χ0n) is 22.5. The molecule has 0 aliphatic rings. The number of aliphatic hydroxyl groups is 4. The molecule has 0 spiro atoms. The zero-order chi connectivity index (χ0) is 26.2. The van der Waals surface area contributed by atoms with Crippen molar-refractivity contribution in [2.75, 3.05) is 92.1 Å². The van der Waals surface area contributed by atoms with Gasteiger partial charge >= 0.3 is 0 Å². The Kier molecular flexibility index (Phi) is 132. The van der Waals surface area contributed by atoms with Crippen LogP contribution in [-0.4, -0.2) is 147 Å². The Hall–Kier alpha value is -0.400. The number of likely N-dealkylation sites (N-methyl/N-ethyl adjacent to an activating group) is 2. The van der Waals surface area contributed by atoms with Crippen LogP contribution in [0.2, 0.25) is 0 Å². The highest BCUT2D eigenvalue weighted by molar-refractivity contribution is 4.66. The molecule has 0 saturated carbocycles. The average molecular weight is 691 g/mol. The number of rotatable bonds is 22. The fourth-order valence-electron chi connectivity index (χ4n) is 3.35. The van der Waals surface area contributed by atoms with Crippen molar-refractivity contribution in [1.29, 1.82) is 0 Å². The summed E-state index contributed by atoms with van der Waals surface area (Å²) in [7, 11) is 0. The fraction of sp³-hybridized carbons (Fsp3) is 1.00. The molecule has 0 aromatic carbocycles. The highest BCUT2D eigenvalue weighted by Crippen LogP contribution is 2.02. The van der Waals surface area contributed by atoms with Crippen LogP contribution in [0.4, 0.5) is 0 Å². The smallest absolute Gasteiger partial charge is 0.0701 e. The summed E-state index contributed by atoms with van der Waals surface area (Å²) >= 11 is 0. The SMILES string of the molecule is C.C.C.C.C.C.C.C.C.C.C.C.CCN(CC(C)OCCO)CC(C)OCCO.CCN(CC(C)OCCO)CC(C)OCCO. The molecule has 0 rings (SSSR count). The van der Waals surface area contributed by atoms with E-state index in [4.69, 9.17) is 39.4 Å². The molecule has 4 unspecified atom stereocenters. The molecule has 0 bridgehead atoms. The molecule has 4 N–H and O–H groups in total. The lowest BCUT2D eigenvalue weighted by atomic mass is 10.3. The van der Waals surface area contributed by atoms with E-state index in [0.717, 1.165) is 39.3 Å². The van der Waals surface area contributed by atoms with Crippen molar-refractivity contribution in [2.24, 2.45) is 0 Å². The molecular formula is C36H102N2O8. The molecule has 0 aliphatic carbocycles. The first-order chi connectivity index (χ1) is 16.3. The molecule has 4 atom stereocenters. The molecule has 0 saturated heterocycles. The van der Waals surface area contributed by atoms with Gasteiger partial charge in [-0.15, -0.1) is 0 Å². The molecule has 0 aromatic heterocycles. The van der Waals surface area contributed by atoms with Crippen molar-refractivity contribution < 1.29 is 39.4 Å². The highest BCUT2D eigenvalue weighted by atomic mass is 16.5. The lowest BCUT2D eigenvalue weighted by molar-refractivity contribution is -0.00820. The van der Waals surface area contributed by atoms with Crippen molar-refractivity contribution in [1.82, 2.24) is 9.80 Å². The standard InChI is InChI=1S/2C12H27NO4.12CH4/c2*1-4-13(9-11(2)16-7-5-14)10-12(3)17-8-6-15;;;;;;;;;;;;/h2*11-12,14-15H,4-10H2,1-3H3;12*1H4. The van der Waals surface area contributed by atoms with Crippen LogP contribution < -0.4 is 0 Å². The molecule has 0 amide bonds. The number of nitrogens with zero attached hydrogens (tertiary/aromatic N) is 2. The van der Waals surface area contributed by atoms with Gasteiger partial charge in [-0.1, -0.05) is 103 Å². The summed E-state index contributed by atoms with van der Waals surface area (Å²) in [5.74, 6) is 0. The largest absolute Gasteiger partial charge is 0.394 e. The number of aliphatic hydroxyl groups excluding tert-OH is 4. The summed E-state index contributed by atoms with van der Waals surface area (Å²) in [6, 6.07) is 0. The summed E-state index contributed by atoms with van der Waals surface area (Å²) in [5.41, 5.74) is 0. The Bertz CT molecular complexity index is 346. The molecule has 46 heavy (non-hydrogen) atoms. The second kappa shape index (κ2) is 66.9. The maximum atomic E-state index is 8.67. The van der Waals surface area contributed by atoms with Crippen LogP contribution in [0.15, 0.2) is 0 Å². The minimum Gasteiger partial charge on any atom is -0.394 e. The van der Waals surface area contributed by atoms with Gasteiger partial charge in [0, 0.05) is 26.2 Å². The molecule has 10 heteroatoms. The highest BCUT2D eigenvalue weighted by Gasteiger charge is 2.13. The van der Waals surface area contributed by atoms with Gasteiger partial charge in [0.1, 0.15) is 0 Å². The predicted molar refractivity (Wildman–Crippen MR) is 215 cm³/mol. The number of hydrogen-bond donors (Lipinski definition) is 4. The molecule has 0 aliphatic heterocycles. The minimum absolute atomic E-state index is 0. The zero-order valence-corrected chi connectivity index (χ0v) is 22.5. The second-order valence-electron chi connectivity index (χ2n) is 8.32. The van der Waals surface area contributed by atoms with Gasteiger partial charge in [-0.05, 0) is 40.8 Å². The van der Waals surface area contributed by atoms with E-state index < -0.39 is 0 Å². The summed E-state index contributed by atoms with van der Waals surface area (Å²) in [6.07, 6.45) is 0.415. The van der Waals surface area contributed by atoms with E-state index in [2.05, 4.69) is 23.6 Å². The average Bonchev–Trinajstić information content (AvgIpc) is 2.83. The Labute approximate surface area is 296 Å². The van der Waals surface area contributed by atoms with E-state index in [9.17, 15) is 0 Å². The summed E-state index contributed by atoms with van der Waals surface area (Å²) in [5, 5.41) is 34.7. The van der Waals surface area contributed by atoms with E-state index in [1.54, 1.807) is 0 Å². The summed E-state index contributed by atoms with van der Waals surface area (Å²) < 4.78 is 21.7. The van der Waals surface area contributed by atoms with Crippen molar-refractivity contribution in [2.45, 2.75) is 155 Å². The first-order valence-electron chi connectivity index (χ1n) is 12.6. The summed E-state index contributed by atoms with van der Waals surface area (Å²) in [4.78, 5) is 4.48. The van der Waals surface area contributed by atoms with Crippen LogP contribution in [0.3, 0.4) is 0 Å². The molecule has 0 aromatic rings. The van der Waals surface area contributed by atoms with Crippen LogP contribution in [0.1, 0.15) is 131 Å². The lowest BCUT2D eigenvalue weighted by Crippen LogP contribution is -2.38. The normalized spacial score (nSPS) is 11.2. The molecule has 0 radical (unpaired) electrons. The molecule has 10 nitrogen and oxygen atoms in total. The first kappa shape index (κ1) is 90.8. The first-order valence-corrected chi connectivity index (χ1v) is 12.6. The Morgan fingerprint density at radius 2 is 0.522 bits per heavy atom. The molecule has 0 heterocycles. The summed E-state index contributed by atoms with van der Waals surface area (Å²) in [6.45, 7) is 19.1. The van der Waals surface area contributed by atoms with Gasteiger partial charge < -0.3 is 39.4 Å². The second-order valence-corrected chi connectivity index (χ2v) is 8.32. The van der Waals surface area contributed by atoms with Gasteiger partial charge in [0.15, 0.2) is 0 Å². The van der Waals surface area contributed by atoms with Crippen LogP contribution in [0.25, 0.3) is 0 Å². The van der Waals surface area contributed by atoms with E-state index in [1.165, 1.54) is 0 Å². The Morgan fingerprint density at radius 1 is 0.370 bits per heavy atom. The monoisotopic (exact) mass is 691 g/mol. The van der Waals surface area contributed by atoms with Crippen LogP contribution in [0, 0.1) is 0 Å². The number of hydrogen-bond acceptors (Lipinski definition) is 10. The predicted octanol–water partition coefficient (Wildman–Crippen LogP) is 7.84. The van der Waals surface area contributed by atoms with Crippen molar-refractivity contribution in [3.8, 4) is 0 Å². The van der Waals surface area contributed by atoms with Crippen LogP contribution >= 0.6 is 0 Å². The van der Waals surface area contributed by atoms with Gasteiger partial charge in [-0.3, -0.25) is 9.80 Å². The quantitative estimate of drug-likeness (QED) is 0.0893. The van der Waals surface area contributed by atoms with Crippen LogP contribution in [-0.2, 0) is 18.9 Å². The Morgan fingerprint density at radius 3 is 0.630 bits per heavy atom. The van der Waals surface area contributed by atoms with Gasteiger partial charge in [0.05, 0.1) is 77.3 Å². The maximum absolute atomic E-state index is 8.67. The van der Waals surface area contributed by atoms with Crippen LogP contribution in [0.5, 0.6) is 0 Å². The van der Waals surface area contributed by atoms with Gasteiger partial charge in [-0.25, -0.2) is 0 Å². The van der Waals surface area contributed by atoms with Crippen molar-refractivity contribution >= 4 is 0 Å². The topological polar surface area (TPSA) is 124 Å². The molecular weight excluding hydrogens is 588 g/mol. The maximum Gasteiger partial charge on any atom is 0.0701 e. The van der Waals surface area contributed by atoms with Crippen molar-refractivity contribution in [3.63, 3.8) is 0 Å². The lowest BCUT2D eigenvalue weighted by Gasteiger charge is -2.27. The van der Waals surface area contributed by atoms with Gasteiger partial charge in [0.25, 0.3) is 0 Å². The minimum atomic E-state index is 0. The van der Waals surface area contributed by atoms with Gasteiger partial charge in [-0.2, -0.15) is 0 Å². The molecule has 304 valence electrons. The third-order valence-electron chi connectivity index (χ3n) is 4.93. The fourth-order valence-corrected chi connectivity index (χ4v) is 3.35. The van der Waals surface area contributed by atoms with E-state index >= 15 is 0 Å². The molecule has 0 fully saturated rings.